The van der Waals surface area contributed by atoms with Gasteiger partial charge in [0.2, 0.25) is 5.88 Å². The molecule has 0 aromatic carbocycles. The second-order valence-corrected chi connectivity index (χ2v) is 3.98. The molecule has 0 saturated carbocycles. The monoisotopic (exact) mass is 259 g/mol. The quantitative estimate of drug-likeness (QED) is 0.831. The molecule has 6 heteroatoms. The number of aromatic nitrogens is 2. The Kier molecular flexibility index (Phi) is 3.78. The molecule has 2 aromatic heterocycles. The number of hydrogen-bond acceptors (Lipinski definition) is 5. The van der Waals surface area contributed by atoms with Crippen molar-refractivity contribution in [3.05, 3.63) is 33.7 Å². The lowest BCUT2D eigenvalue weighted by atomic mass is 10.1. The van der Waals surface area contributed by atoms with Gasteiger partial charge < -0.3 is 14.5 Å². The molecule has 0 radical (unpaired) electrons. The maximum atomic E-state index is 11.6. The minimum absolute atomic E-state index is 0.113. The third-order valence-corrected chi connectivity index (χ3v) is 2.78. The van der Waals surface area contributed by atoms with Gasteiger partial charge in [-0.05, 0) is 12.5 Å². The largest absolute Gasteiger partial charge is 0.475 e. The summed E-state index contributed by atoms with van der Waals surface area (Å²) in [7, 11) is 1.59. The number of rotatable bonds is 4. The van der Waals surface area contributed by atoms with Gasteiger partial charge in [-0.2, -0.15) is 5.26 Å². The zero-order valence-corrected chi connectivity index (χ0v) is 10.7. The molecule has 0 atom stereocenters. The average Bonchev–Trinajstić information content (AvgIpc) is 2.40. The van der Waals surface area contributed by atoms with Gasteiger partial charge >= 0.3 is 0 Å². The number of H-pyrrole nitrogens is 1. The van der Waals surface area contributed by atoms with Crippen LogP contribution < -0.4 is 10.3 Å². The molecule has 6 nitrogen and oxygen atoms in total. The molecular formula is C13H13N3O3. The molecule has 0 spiro atoms. The summed E-state index contributed by atoms with van der Waals surface area (Å²) in [6.45, 7) is 2.59. The van der Waals surface area contributed by atoms with Gasteiger partial charge in [0.15, 0.2) is 0 Å². The van der Waals surface area contributed by atoms with Crippen LogP contribution in [0.3, 0.4) is 0 Å². The summed E-state index contributed by atoms with van der Waals surface area (Å²) >= 11 is 0. The third-order valence-electron chi connectivity index (χ3n) is 2.78. The molecule has 2 aromatic rings. The highest BCUT2D eigenvalue weighted by atomic mass is 16.5. The number of aromatic amines is 1. The molecule has 19 heavy (non-hydrogen) atoms. The summed E-state index contributed by atoms with van der Waals surface area (Å²) < 4.78 is 10.3. The van der Waals surface area contributed by atoms with Crippen LogP contribution in [-0.2, 0) is 4.74 Å². The molecule has 2 rings (SSSR count). The van der Waals surface area contributed by atoms with Crippen LogP contribution in [0.1, 0.15) is 11.1 Å². The summed E-state index contributed by atoms with van der Waals surface area (Å²) in [5.41, 5.74) is 0.921. The lowest BCUT2D eigenvalue weighted by Gasteiger charge is -2.07. The highest BCUT2D eigenvalue weighted by molar-refractivity contribution is 5.83. The first kappa shape index (κ1) is 13.1. The van der Waals surface area contributed by atoms with Crippen molar-refractivity contribution in [2.24, 2.45) is 0 Å². The molecular weight excluding hydrogens is 246 g/mol. The molecule has 0 aliphatic rings. The van der Waals surface area contributed by atoms with Crippen LogP contribution in [0.5, 0.6) is 5.88 Å². The van der Waals surface area contributed by atoms with Crippen molar-refractivity contribution in [2.75, 3.05) is 20.3 Å². The predicted octanol–water partition coefficient (Wildman–Crippen LogP) is 1.13. The molecule has 98 valence electrons. The van der Waals surface area contributed by atoms with Gasteiger partial charge in [0.25, 0.3) is 5.56 Å². The van der Waals surface area contributed by atoms with Crippen molar-refractivity contribution in [2.45, 2.75) is 6.92 Å². The van der Waals surface area contributed by atoms with E-state index in [-0.39, 0.29) is 5.56 Å². The highest BCUT2D eigenvalue weighted by Crippen LogP contribution is 2.20. The van der Waals surface area contributed by atoms with Crippen molar-refractivity contribution >= 4 is 10.9 Å². The fraction of sp³-hybridized carbons (Fsp3) is 0.308. The lowest BCUT2D eigenvalue weighted by molar-refractivity contribution is 0.144. The SMILES string of the molecule is COCCOc1cc2c(C)c(C#N)c(=O)[nH]c2cn1. The van der Waals surface area contributed by atoms with E-state index in [0.717, 1.165) is 5.39 Å². The lowest BCUT2D eigenvalue weighted by Crippen LogP contribution is -2.12. The molecule has 0 aliphatic carbocycles. The maximum Gasteiger partial charge on any atom is 0.266 e. The van der Waals surface area contributed by atoms with Crippen LogP contribution >= 0.6 is 0 Å². The number of hydrogen-bond donors (Lipinski definition) is 1. The van der Waals surface area contributed by atoms with Crippen LogP contribution in [0.4, 0.5) is 0 Å². The Hall–Kier alpha value is -2.39. The van der Waals surface area contributed by atoms with Gasteiger partial charge in [-0.25, -0.2) is 4.98 Å². The van der Waals surface area contributed by atoms with Crippen LogP contribution in [0.15, 0.2) is 17.1 Å². The Morgan fingerprint density at radius 2 is 2.26 bits per heavy atom. The molecule has 1 N–H and O–H groups in total. The number of fused-ring (bicyclic) bond motifs is 1. The number of pyridine rings is 2. The molecule has 0 bridgehead atoms. The number of nitrogens with zero attached hydrogens (tertiary/aromatic N) is 2. The van der Waals surface area contributed by atoms with E-state index in [1.807, 2.05) is 6.07 Å². The minimum atomic E-state index is -0.401. The highest BCUT2D eigenvalue weighted by Gasteiger charge is 2.10. The van der Waals surface area contributed by atoms with Crippen molar-refractivity contribution < 1.29 is 9.47 Å². The number of ether oxygens (including phenoxy) is 2. The van der Waals surface area contributed by atoms with E-state index in [0.29, 0.717) is 30.2 Å². The van der Waals surface area contributed by atoms with Gasteiger partial charge in [-0.1, -0.05) is 0 Å². The fourth-order valence-electron chi connectivity index (χ4n) is 1.78. The standard InChI is InChI=1S/C13H13N3O3/c1-8-9-5-12(19-4-3-18-2)15-7-11(9)16-13(17)10(8)6-14/h5,7H,3-4H2,1-2H3,(H,16,17). The van der Waals surface area contributed by atoms with Gasteiger partial charge in [0.05, 0.1) is 18.3 Å². The number of nitrogens with one attached hydrogen (secondary N) is 1. The second kappa shape index (κ2) is 5.50. The Balaban J connectivity index is 2.47. The Morgan fingerprint density at radius 3 is 2.95 bits per heavy atom. The predicted molar refractivity (Wildman–Crippen MR) is 69.2 cm³/mol. The van der Waals surface area contributed by atoms with E-state index in [1.54, 1.807) is 20.1 Å². The Morgan fingerprint density at radius 1 is 1.47 bits per heavy atom. The van der Waals surface area contributed by atoms with E-state index in [4.69, 9.17) is 14.7 Å². The maximum absolute atomic E-state index is 11.6. The molecule has 0 saturated heterocycles. The first-order chi connectivity index (χ1) is 9.17. The first-order valence-corrected chi connectivity index (χ1v) is 5.72. The van der Waals surface area contributed by atoms with Crippen molar-refractivity contribution in [3.8, 4) is 11.9 Å². The van der Waals surface area contributed by atoms with Gasteiger partial charge in [-0.3, -0.25) is 4.79 Å². The van der Waals surface area contributed by atoms with E-state index >= 15 is 0 Å². The molecule has 0 amide bonds. The van der Waals surface area contributed by atoms with Gasteiger partial charge in [-0.15, -0.1) is 0 Å². The number of nitriles is 1. The number of methoxy groups -OCH3 is 1. The van der Waals surface area contributed by atoms with E-state index in [1.165, 1.54) is 6.20 Å². The van der Waals surface area contributed by atoms with Crippen LogP contribution in [0.25, 0.3) is 10.9 Å². The smallest absolute Gasteiger partial charge is 0.266 e. The zero-order valence-electron chi connectivity index (χ0n) is 10.7. The summed E-state index contributed by atoms with van der Waals surface area (Å²) in [6.07, 6.45) is 1.52. The van der Waals surface area contributed by atoms with E-state index in [2.05, 4.69) is 9.97 Å². The minimum Gasteiger partial charge on any atom is -0.475 e. The second-order valence-electron chi connectivity index (χ2n) is 3.98. The summed E-state index contributed by atoms with van der Waals surface area (Å²) in [6, 6.07) is 3.61. The van der Waals surface area contributed by atoms with Crippen molar-refractivity contribution in [1.82, 2.24) is 9.97 Å². The fourth-order valence-corrected chi connectivity index (χ4v) is 1.78. The third kappa shape index (κ3) is 2.56. The molecule has 0 unspecified atom stereocenters. The summed E-state index contributed by atoms with van der Waals surface area (Å²) in [5.74, 6) is 0.434. The first-order valence-electron chi connectivity index (χ1n) is 5.72. The molecule has 0 aliphatic heterocycles. The molecule has 0 fully saturated rings. The Labute approximate surface area is 109 Å². The zero-order chi connectivity index (χ0) is 13.8. The number of aryl methyl sites for hydroxylation is 1. The molecule has 2 heterocycles. The van der Waals surface area contributed by atoms with E-state index in [9.17, 15) is 4.79 Å². The van der Waals surface area contributed by atoms with Crippen LogP contribution in [-0.4, -0.2) is 30.3 Å². The topological polar surface area (TPSA) is 88.0 Å². The van der Waals surface area contributed by atoms with Crippen LogP contribution in [0.2, 0.25) is 0 Å². The average molecular weight is 259 g/mol. The van der Waals surface area contributed by atoms with Crippen molar-refractivity contribution in [1.29, 1.82) is 5.26 Å². The van der Waals surface area contributed by atoms with E-state index < -0.39 is 5.56 Å². The summed E-state index contributed by atoms with van der Waals surface area (Å²) in [5, 5.41) is 9.72. The van der Waals surface area contributed by atoms with Crippen molar-refractivity contribution in [3.63, 3.8) is 0 Å². The van der Waals surface area contributed by atoms with Gasteiger partial charge in [0.1, 0.15) is 18.2 Å². The van der Waals surface area contributed by atoms with Crippen LogP contribution in [0, 0.1) is 18.3 Å². The normalized spacial score (nSPS) is 10.4. The van der Waals surface area contributed by atoms with Gasteiger partial charge in [0, 0.05) is 18.6 Å². The Bertz CT molecular complexity index is 701. The summed E-state index contributed by atoms with van der Waals surface area (Å²) in [4.78, 5) is 18.3.